The maximum absolute atomic E-state index is 13.3. The van der Waals surface area contributed by atoms with Gasteiger partial charge in [0, 0.05) is 34.3 Å². The largest absolute Gasteiger partial charge is 0.461 e. The molecular weight excluding hydrogens is 398 g/mol. The fraction of sp³-hybridized carbons (Fsp3) is 0.208. The van der Waals surface area contributed by atoms with E-state index in [-0.39, 0.29) is 11.9 Å². The molecule has 1 aliphatic heterocycles. The van der Waals surface area contributed by atoms with Crippen molar-refractivity contribution in [3.05, 3.63) is 82.8 Å². The minimum atomic E-state index is -0.0617. The number of nitrogens with zero attached hydrogens (tertiary/aromatic N) is 3. The molecule has 5 rings (SSSR count). The van der Waals surface area contributed by atoms with Crippen LogP contribution < -0.4 is 0 Å². The Morgan fingerprint density at radius 1 is 1.13 bits per heavy atom. The van der Waals surface area contributed by atoms with Gasteiger partial charge in [0.25, 0.3) is 5.91 Å². The van der Waals surface area contributed by atoms with E-state index in [2.05, 4.69) is 4.98 Å². The van der Waals surface area contributed by atoms with Crippen LogP contribution in [0.3, 0.4) is 0 Å². The van der Waals surface area contributed by atoms with Crippen molar-refractivity contribution in [1.82, 2.24) is 14.9 Å². The van der Waals surface area contributed by atoms with Crippen molar-refractivity contribution in [2.75, 3.05) is 6.54 Å². The highest BCUT2D eigenvalue weighted by Gasteiger charge is 2.32. The zero-order valence-corrected chi connectivity index (χ0v) is 17.3. The summed E-state index contributed by atoms with van der Waals surface area (Å²) >= 11 is 5.99. The summed E-state index contributed by atoms with van der Waals surface area (Å²) in [6.45, 7) is 2.62. The first-order valence-electron chi connectivity index (χ1n) is 9.98. The average molecular weight is 418 g/mol. The second kappa shape index (κ2) is 7.58. The van der Waals surface area contributed by atoms with E-state index >= 15 is 0 Å². The van der Waals surface area contributed by atoms with Crippen LogP contribution in [-0.2, 0) is 0 Å². The standard InChI is InChI=1S/C24H20ClN3O2/c1-15-13-18-14-17(6-9-22(18)30-15)24(29)28-12-2-3-21(28)20-10-11-26-23(27-20)16-4-7-19(25)8-5-16/h4-11,13-14,21H,2-3,12H2,1H3/t21-/m1/s1. The van der Waals surface area contributed by atoms with Gasteiger partial charge in [0.15, 0.2) is 5.82 Å². The molecule has 30 heavy (non-hydrogen) atoms. The van der Waals surface area contributed by atoms with Gasteiger partial charge >= 0.3 is 0 Å². The number of carbonyl (C=O) groups is 1. The van der Waals surface area contributed by atoms with Gasteiger partial charge in [-0.25, -0.2) is 9.97 Å². The number of hydrogen-bond acceptors (Lipinski definition) is 4. The van der Waals surface area contributed by atoms with Crippen molar-refractivity contribution in [2.24, 2.45) is 0 Å². The summed E-state index contributed by atoms with van der Waals surface area (Å²) in [5.74, 6) is 1.49. The Kier molecular flexibility index (Phi) is 4.75. The number of fused-ring (bicyclic) bond motifs is 1. The fourth-order valence-corrected chi connectivity index (χ4v) is 4.21. The van der Waals surface area contributed by atoms with Gasteiger partial charge in [0.05, 0.1) is 11.7 Å². The first-order valence-corrected chi connectivity index (χ1v) is 10.4. The highest BCUT2D eigenvalue weighted by atomic mass is 35.5. The van der Waals surface area contributed by atoms with E-state index in [1.54, 1.807) is 6.20 Å². The van der Waals surface area contributed by atoms with Gasteiger partial charge in [-0.05, 0) is 74.4 Å². The predicted octanol–water partition coefficient (Wildman–Crippen LogP) is 5.83. The molecule has 3 heterocycles. The topological polar surface area (TPSA) is 59.2 Å². The SMILES string of the molecule is Cc1cc2cc(C(=O)N3CCC[C@@H]3c3ccnc(-c4ccc(Cl)cc4)n3)ccc2o1. The highest BCUT2D eigenvalue weighted by molar-refractivity contribution is 6.30. The lowest BCUT2D eigenvalue weighted by Gasteiger charge is -2.24. The molecule has 5 nitrogen and oxygen atoms in total. The summed E-state index contributed by atoms with van der Waals surface area (Å²) in [5.41, 5.74) is 3.23. The number of aryl methyl sites for hydroxylation is 1. The molecular formula is C24H20ClN3O2. The van der Waals surface area contributed by atoms with Crippen LogP contribution in [0.2, 0.25) is 5.02 Å². The summed E-state index contributed by atoms with van der Waals surface area (Å²) in [6, 6.07) is 16.9. The second-order valence-electron chi connectivity index (χ2n) is 7.58. The summed E-state index contributed by atoms with van der Waals surface area (Å²) in [5, 5.41) is 1.62. The molecule has 0 spiro atoms. The van der Waals surface area contributed by atoms with Crippen LogP contribution in [-0.4, -0.2) is 27.3 Å². The summed E-state index contributed by atoms with van der Waals surface area (Å²) in [6.07, 6.45) is 3.59. The van der Waals surface area contributed by atoms with Crippen molar-refractivity contribution < 1.29 is 9.21 Å². The monoisotopic (exact) mass is 417 g/mol. The number of halogens is 1. The Balaban J connectivity index is 1.45. The van der Waals surface area contributed by atoms with E-state index in [0.717, 1.165) is 40.8 Å². The number of aromatic nitrogens is 2. The molecule has 0 radical (unpaired) electrons. The molecule has 1 amide bonds. The van der Waals surface area contributed by atoms with Gasteiger partial charge < -0.3 is 9.32 Å². The third kappa shape index (κ3) is 3.46. The Hall–Kier alpha value is -3.18. The van der Waals surface area contributed by atoms with Crippen LogP contribution >= 0.6 is 11.6 Å². The average Bonchev–Trinajstić information content (AvgIpc) is 3.39. The summed E-state index contributed by atoms with van der Waals surface area (Å²) < 4.78 is 5.63. The van der Waals surface area contributed by atoms with Gasteiger partial charge in [-0.15, -0.1) is 0 Å². The van der Waals surface area contributed by atoms with Crippen molar-refractivity contribution in [3.63, 3.8) is 0 Å². The lowest BCUT2D eigenvalue weighted by atomic mass is 10.1. The van der Waals surface area contributed by atoms with Crippen LogP contribution in [0, 0.1) is 6.92 Å². The third-order valence-electron chi connectivity index (χ3n) is 5.52. The van der Waals surface area contributed by atoms with Crippen LogP contribution in [0.25, 0.3) is 22.4 Å². The maximum atomic E-state index is 13.3. The van der Waals surface area contributed by atoms with Crippen molar-refractivity contribution >= 4 is 28.5 Å². The number of likely N-dealkylation sites (tertiary alicyclic amines) is 1. The zero-order valence-electron chi connectivity index (χ0n) is 16.5. The molecule has 0 saturated carbocycles. The lowest BCUT2D eigenvalue weighted by Crippen LogP contribution is -2.31. The normalized spacial score (nSPS) is 16.3. The molecule has 1 aliphatic rings. The third-order valence-corrected chi connectivity index (χ3v) is 5.77. The fourth-order valence-electron chi connectivity index (χ4n) is 4.09. The first-order chi connectivity index (χ1) is 14.6. The van der Waals surface area contributed by atoms with E-state index < -0.39 is 0 Å². The number of rotatable bonds is 3. The van der Waals surface area contributed by atoms with Crippen molar-refractivity contribution in [2.45, 2.75) is 25.8 Å². The minimum Gasteiger partial charge on any atom is -0.461 e. The highest BCUT2D eigenvalue weighted by Crippen LogP contribution is 2.33. The molecule has 150 valence electrons. The lowest BCUT2D eigenvalue weighted by molar-refractivity contribution is 0.0733. The summed E-state index contributed by atoms with van der Waals surface area (Å²) in [4.78, 5) is 24.4. The molecule has 1 saturated heterocycles. The smallest absolute Gasteiger partial charge is 0.254 e. The Morgan fingerprint density at radius 2 is 1.97 bits per heavy atom. The molecule has 2 aromatic carbocycles. The van der Waals surface area contributed by atoms with Crippen molar-refractivity contribution in [3.8, 4) is 11.4 Å². The molecule has 0 bridgehead atoms. The summed E-state index contributed by atoms with van der Waals surface area (Å²) in [7, 11) is 0. The minimum absolute atomic E-state index is 0.0184. The number of carbonyl (C=O) groups excluding carboxylic acids is 1. The van der Waals surface area contributed by atoms with Crippen LogP contribution in [0.5, 0.6) is 0 Å². The number of furan rings is 1. The molecule has 1 fully saturated rings. The predicted molar refractivity (Wildman–Crippen MR) is 116 cm³/mol. The van der Waals surface area contributed by atoms with E-state index in [9.17, 15) is 4.79 Å². The van der Waals surface area contributed by atoms with Crippen LogP contribution in [0.15, 0.2) is 65.2 Å². The van der Waals surface area contributed by atoms with E-state index in [4.69, 9.17) is 21.0 Å². The quantitative estimate of drug-likeness (QED) is 0.421. The van der Waals surface area contributed by atoms with E-state index in [0.29, 0.717) is 23.0 Å². The van der Waals surface area contributed by atoms with Gasteiger partial charge in [0.2, 0.25) is 0 Å². The molecule has 0 N–H and O–H groups in total. The molecule has 0 unspecified atom stereocenters. The van der Waals surface area contributed by atoms with Crippen LogP contribution in [0.1, 0.15) is 40.7 Å². The number of benzene rings is 2. The van der Waals surface area contributed by atoms with Gasteiger partial charge in [-0.1, -0.05) is 11.6 Å². The Bertz CT molecular complexity index is 1230. The van der Waals surface area contributed by atoms with Gasteiger partial charge in [-0.2, -0.15) is 0 Å². The zero-order chi connectivity index (χ0) is 20.7. The maximum Gasteiger partial charge on any atom is 0.254 e. The van der Waals surface area contributed by atoms with E-state index in [1.807, 2.05) is 66.4 Å². The molecule has 0 aliphatic carbocycles. The number of hydrogen-bond donors (Lipinski definition) is 0. The molecule has 2 aromatic heterocycles. The molecule has 4 aromatic rings. The van der Waals surface area contributed by atoms with Gasteiger partial charge in [-0.3, -0.25) is 4.79 Å². The van der Waals surface area contributed by atoms with Crippen LogP contribution in [0.4, 0.5) is 0 Å². The van der Waals surface area contributed by atoms with Crippen molar-refractivity contribution in [1.29, 1.82) is 0 Å². The van der Waals surface area contributed by atoms with Gasteiger partial charge in [0.1, 0.15) is 11.3 Å². The first kappa shape index (κ1) is 18.8. The molecule has 1 atom stereocenters. The second-order valence-corrected chi connectivity index (χ2v) is 8.01. The Morgan fingerprint density at radius 3 is 2.80 bits per heavy atom. The number of amides is 1. The van der Waals surface area contributed by atoms with E-state index in [1.165, 1.54) is 0 Å². The Labute approximate surface area is 179 Å². The molecule has 6 heteroatoms.